The maximum absolute atomic E-state index is 13.0. The number of rotatable bonds is 6. The van der Waals surface area contributed by atoms with E-state index >= 15 is 0 Å². The molecule has 2 aromatic rings. The van der Waals surface area contributed by atoms with Gasteiger partial charge in [-0.2, -0.15) is 0 Å². The van der Waals surface area contributed by atoms with E-state index in [0.717, 1.165) is 22.0 Å². The second kappa shape index (κ2) is 7.83. The minimum absolute atomic E-state index is 0.224. The summed E-state index contributed by atoms with van der Waals surface area (Å²) >= 11 is 3.25. The van der Waals surface area contributed by atoms with Crippen molar-refractivity contribution in [1.82, 2.24) is 0 Å². The highest BCUT2D eigenvalue weighted by atomic mass is 79.9. The molecule has 0 bridgehead atoms. The zero-order chi connectivity index (χ0) is 19.5. The van der Waals surface area contributed by atoms with Crippen LogP contribution in [0.15, 0.2) is 51.8 Å². The number of hydrogen-bond acceptors (Lipinski definition) is 6. The van der Waals surface area contributed by atoms with Crippen LogP contribution in [0.3, 0.4) is 0 Å². The summed E-state index contributed by atoms with van der Waals surface area (Å²) in [4.78, 5) is 21.9. The third kappa shape index (κ3) is 4.20. The van der Waals surface area contributed by atoms with Crippen LogP contribution in [0.2, 0.25) is 0 Å². The van der Waals surface area contributed by atoms with E-state index in [-0.39, 0.29) is 16.3 Å². The quantitative estimate of drug-likeness (QED) is 0.386. The summed E-state index contributed by atoms with van der Waals surface area (Å²) in [5.41, 5.74) is 0.235. The monoisotopic (exact) mass is 442 g/mol. The van der Waals surface area contributed by atoms with Crippen LogP contribution in [0.4, 0.5) is 11.4 Å². The predicted octanol–water partition coefficient (Wildman–Crippen LogP) is 3.03. The zero-order valence-corrected chi connectivity index (χ0v) is 16.3. The highest BCUT2D eigenvalue weighted by Gasteiger charge is 2.29. The third-order valence-corrected chi connectivity index (χ3v) is 5.88. The van der Waals surface area contributed by atoms with Gasteiger partial charge in [-0.1, -0.05) is 22.0 Å². The van der Waals surface area contributed by atoms with E-state index in [1.807, 2.05) is 0 Å². The van der Waals surface area contributed by atoms with Crippen molar-refractivity contribution >= 4 is 43.3 Å². The molecule has 0 N–H and O–H groups in total. The van der Waals surface area contributed by atoms with Crippen LogP contribution >= 0.6 is 15.9 Å². The number of carbonyl (C=O) groups is 1. The largest absolute Gasteiger partial charge is 0.468 e. The van der Waals surface area contributed by atoms with Crippen molar-refractivity contribution in [1.29, 1.82) is 0 Å². The van der Waals surface area contributed by atoms with E-state index in [2.05, 4.69) is 20.7 Å². The van der Waals surface area contributed by atoms with Crippen LogP contribution < -0.4 is 4.31 Å². The van der Waals surface area contributed by atoms with Crippen LogP contribution in [-0.2, 0) is 19.6 Å². The van der Waals surface area contributed by atoms with Gasteiger partial charge in [0, 0.05) is 16.1 Å². The number of methoxy groups -OCH3 is 1. The molecule has 0 fully saturated rings. The average Bonchev–Trinajstić information content (AvgIpc) is 2.60. The lowest BCUT2D eigenvalue weighted by molar-refractivity contribution is -0.385. The summed E-state index contributed by atoms with van der Waals surface area (Å²) < 4.78 is 32.2. The van der Waals surface area contributed by atoms with Gasteiger partial charge in [0.25, 0.3) is 15.7 Å². The lowest BCUT2D eigenvalue weighted by Gasteiger charge is -2.23. The topological polar surface area (TPSA) is 107 Å². The number of ether oxygens (including phenoxy) is 1. The van der Waals surface area contributed by atoms with Crippen molar-refractivity contribution in [2.45, 2.75) is 11.8 Å². The number of carbonyl (C=O) groups excluding carboxylic acids is 1. The van der Waals surface area contributed by atoms with Gasteiger partial charge < -0.3 is 4.74 Å². The number of nitro benzene ring substituents is 1. The number of halogens is 1. The highest BCUT2D eigenvalue weighted by Crippen LogP contribution is 2.28. The van der Waals surface area contributed by atoms with Gasteiger partial charge in [-0.15, -0.1) is 0 Å². The first kappa shape index (κ1) is 19.9. The average molecular weight is 443 g/mol. The van der Waals surface area contributed by atoms with E-state index < -0.39 is 27.5 Å². The Labute approximate surface area is 158 Å². The molecule has 2 rings (SSSR count). The third-order valence-electron chi connectivity index (χ3n) is 3.58. The Kier molecular flexibility index (Phi) is 5.98. The van der Waals surface area contributed by atoms with Gasteiger partial charge in [-0.05, 0) is 37.3 Å². The van der Waals surface area contributed by atoms with Gasteiger partial charge in [0.05, 0.1) is 22.6 Å². The van der Waals surface area contributed by atoms with Gasteiger partial charge in [0.15, 0.2) is 0 Å². The fourth-order valence-corrected chi connectivity index (χ4v) is 3.87. The highest BCUT2D eigenvalue weighted by molar-refractivity contribution is 9.10. The molecule has 0 aliphatic carbocycles. The van der Waals surface area contributed by atoms with Crippen LogP contribution in [0.1, 0.15) is 5.56 Å². The number of aryl methyl sites for hydroxylation is 1. The maximum Gasteiger partial charge on any atom is 0.326 e. The second-order valence-corrected chi connectivity index (χ2v) is 8.05. The second-order valence-electron chi connectivity index (χ2n) is 5.27. The molecule has 0 aliphatic rings. The summed E-state index contributed by atoms with van der Waals surface area (Å²) in [6.07, 6.45) is 0. The lowest BCUT2D eigenvalue weighted by Crippen LogP contribution is -2.36. The molecule has 138 valence electrons. The molecule has 0 saturated carbocycles. The standard InChI is InChI=1S/C16H15BrN2O6S/c1-11-3-8-14(9-15(11)19(21)22)26(23,24)18(10-16(20)25-2)13-6-4-12(17)5-7-13/h3-9H,10H2,1-2H3. The van der Waals surface area contributed by atoms with E-state index in [1.165, 1.54) is 31.2 Å². The van der Waals surface area contributed by atoms with Crippen LogP contribution in [-0.4, -0.2) is 33.0 Å². The van der Waals surface area contributed by atoms with Gasteiger partial charge in [-0.25, -0.2) is 8.42 Å². The molecule has 2 aromatic carbocycles. The fourth-order valence-electron chi connectivity index (χ4n) is 2.18. The number of sulfonamides is 1. The van der Waals surface area contributed by atoms with Crippen LogP contribution in [0.25, 0.3) is 0 Å². The first-order valence-corrected chi connectivity index (χ1v) is 9.50. The van der Waals surface area contributed by atoms with Crippen LogP contribution in [0, 0.1) is 17.0 Å². The van der Waals surface area contributed by atoms with Gasteiger partial charge in [0.1, 0.15) is 6.54 Å². The Morgan fingerprint density at radius 2 is 1.85 bits per heavy atom. The molecule has 0 saturated heterocycles. The molecule has 26 heavy (non-hydrogen) atoms. The molecule has 0 unspecified atom stereocenters. The molecule has 10 heteroatoms. The first-order valence-electron chi connectivity index (χ1n) is 7.27. The predicted molar refractivity (Wildman–Crippen MR) is 98.5 cm³/mol. The number of nitro groups is 1. The normalized spacial score (nSPS) is 11.0. The number of esters is 1. The van der Waals surface area contributed by atoms with Crippen molar-refractivity contribution in [2.24, 2.45) is 0 Å². The summed E-state index contributed by atoms with van der Waals surface area (Å²) in [6.45, 7) is 0.942. The summed E-state index contributed by atoms with van der Waals surface area (Å²) in [6, 6.07) is 9.84. The summed E-state index contributed by atoms with van der Waals surface area (Å²) in [7, 11) is -3.09. The number of benzene rings is 2. The molecule has 0 heterocycles. The molecule has 0 aliphatic heterocycles. The summed E-state index contributed by atoms with van der Waals surface area (Å²) in [5.74, 6) is -0.766. The van der Waals surface area contributed by atoms with Crippen molar-refractivity contribution in [3.05, 3.63) is 62.6 Å². The van der Waals surface area contributed by atoms with Gasteiger partial charge in [0.2, 0.25) is 0 Å². The number of nitrogens with zero attached hydrogens (tertiary/aromatic N) is 2. The molecule has 0 spiro atoms. The van der Waals surface area contributed by atoms with Gasteiger partial charge >= 0.3 is 5.97 Å². The van der Waals surface area contributed by atoms with Crippen molar-refractivity contribution in [3.63, 3.8) is 0 Å². The van der Waals surface area contributed by atoms with Crippen molar-refractivity contribution in [2.75, 3.05) is 18.0 Å². The minimum Gasteiger partial charge on any atom is -0.468 e. The lowest BCUT2D eigenvalue weighted by atomic mass is 10.2. The molecule has 0 aromatic heterocycles. The van der Waals surface area contributed by atoms with E-state index in [0.29, 0.717) is 5.56 Å². The number of hydrogen-bond donors (Lipinski definition) is 0. The molecule has 0 radical (unpaired) electrons. The van der Waals surface area contributed by atoms with Crippen molar-refractivity contribution < 1.29 is 22.9 Å². The Morgan fingerprint density at radius 1 is 1.23 bits per heavy atom. The molecule has 0 amide bonds. The molecular weight excluding hydrogens is 428 g/mol. The Balaban J connectivity index is 2.58. The molecular formula is C16H15BrN2O6S. The molecule has 8 nitrogen and oxygen atoms in total. The first-order chi connectivity index (χ1) is 12.2. The number of anilines is 1. The zero-order valence-electron chi connectivity index (χ0n) is 13.9. The smallest absolute Gasteiger partial charge is 0.326 e. The minimum atomic E-state index is -4.23. The Hall–Kier alpha value is -2.46. The Bertz CT molecular complexity index is 944. The SMILES string of the molecule is COC(=O)CN(c1ccc(Br)cc1)S(=O)(=O)c1ccc(C)c([N+](=O)[O-])c1. The van der Waals surface area contributed by atoms with Crippen LogP contribution in [0.5, 0.6) is 0 Å². The summed E-state index contributed by atoms with van der Waals surface area (Å²) in [5, 5.41) is 11.1. The Morgan fingerprint density at radius 3 is 2.38 bits per heavy atom. The molecule has 0 atom stereocenters. The van der Waals surface area contributed by atoms with Gasteiger partial charge in [-0.3, -0.25) is 19.2 Å². The van der Waals surface area contributed by atoms with Crippen molar-refractivity contribution in [3.8, 4) is 0 Å². The van der Waals surface area contributed by atoms with E-state index in [9.17, 15) is 23.3 Å². The maximum atomic E-state index is 13.0. The van der Waals surface area contributed by atoms with E-state index in [4.69, 9.17) is 0 Å². The fraction of sp³-hybridized carbons (Fsp3) is 0.188. The van der Waals surface area contributed by atoms with E-state index in [1.54, 1.807) is 12.1 Å².